The molecular weight excluding hydrogens is 206 g/mol. The van der Waals surface area contributed by atoms with Gasteiger partial charge >= 0.3 is 0 Å². The molecule has 1 heteroatoms. The summed E-state index contributed by atoms with van der Waals surface area (Å²) in [4.78, 5) is 0. The molecule has 0 radical (unpaired) electrons. The van der Waals surface area contributed by atoms with Crippen LogP contribution in [0.1, 0.15) is 63.1 Å². The topological polar surface area (TPSA) is 12.0 Å². The Balaban J connectivity index is 2.35. The molecule has 1 aliphatic rings. The highest BCUT2D eigenvalue weighted by Gasteiger charge is 2.30. The van der Waals surface area contributed by atoms with Crippen molar-refractivity contribution in [2.75, 3.05) is 7.05 Å². The molecule has 94 valence electrons. The first-order valence-electron chi connectivity index (χ1n) is 6.80. The lowest BCUT2D eigenvalue weighted by atomic mass is 9.73. The molecule has 1 unspecified atom stereocenters. The van der Waals surface area contributed by atoms with Crippen LogP contribution in [-0.4, -0.2) is 7.05 Å². The standard InChI is InChI=1S/C16H25N/c1-16(2,3)15(17-4)14-11-6-5-10-13(14)12-8-7-9-12/h5-6,10-12,15,17H,7-9H2,1-4H3. The average Bonchev–Trinajstić information content (AvgIpc) is 2.16. The Kier molecular flexibility index (Phi) is 3.58. The molecule has 17 heavy (non-hydrogen) atoms. The summed E-state index contributed by atoms with van der Waals surface area (Å²) < 4.78 is 0. The van der Waals surface area contributed by atoms with E-state index in [1.807, 2.05) is 0 Å². The molecular formula is C16H25N. The highest BCUT2D eigenvalue weighted by atomic mass is 14.9. The third-order valence-electron chi connectivity index (χ3n) is 4.01. The summed E-state index contributed by atoms with van der Waals surface area (Å²) in [7, 11) is 2.08. The summed E-state index contributed by atoms with van der Waals surface area (Å²) in [5.74, 6) is 0.810. The minimum absolute atomic E-state index is 0.259. The van der Waals surface area contributed by atoms with Crippen molar-refractivity contribution in [3.05, 3.63) is 35.4 Å². The van der Waals surface area contributed by atoms with Crippen LogP contribution in [0.4, 0.5) is 0 Å². The maximum atomic E-state index is 3.50. The number of hydrogen-bond donors (Lipinski definition) is 1. The van der Waals surface area contributed by atoms with Crippen molar-refractivity contribution in [3.63, 3.8) is 0 Å². The van der Waals surface area contributed by atoms with E-state index in [0.29, 0.717) is 6.04 Å². The maximum absolute atomic E-state index is 3.50. The van der Waals surface area contributed by atoms with E-state index in [9.17, 15) is 0 Å². The molecule has 2 rings (SSSR count). The summed E-state index contributed by atoms with van der Waals surface area (Å²) in [5, 5.41) is 3.50. The molecule has 0 bridgehead atoms. The van der Waals surface area contributed by atoms with Crippen molar-refractivity contribution in [2.45, 2.75) is 52.0 Å². The van der Waals surface area contributed by atoms with Crippen LogP contribution in [-0.2, 0) is 0 Å². The minimum Gasteiger partial charge on any atom is -0.313 e. The highest BCUT2D eigenvalue weighted by molar-refractivity contribution is 5.35. The monoisotopic (exact) mass is 231 g/mol. The molecule has 1 N–H and O–H groups in total. The Morgan fingerprint density at radius 3 is 2.29 bits per heavy atom. The Bertz CT molecular complexity index is 371. The first-order chi connectivity index (χ1) is 8.04. The SMILES string of the molecule is CNC(c1ccccc1C1CCC1)C(C)(C)C. The van der Waals surface area contributed by atoms with Gasteiger partial charge in [-0.1, -0.05) is 51.5 Å². The van der Waals surface area contributed by atoms with E-state index in [1.54, 1.807) is 5.56 Å². The minimum atomic E-state index is 0.259. The van der Waals surface area contributed by atoms with Gasteiger partial charge in [0.2, 0.25) is 0 Å². The van der Waals surface area contributed by atoms with Crippen LogP contribution >= 0.6 is 0 Å². The molecule has 0 aliphatic heterocycles. The molecule has 0 heterocycles. The van der Waals surface area contributed by atoms with Gasteiger partial charge in [-0.25, -0.2) is 0 Å². The van der Waals surface area contributed by atoms with Gasteiger partial charge in [0, 0.05) is 6.04 Å². The zero-order valence-corrected chi connectivity index (χ0v) is 11.6. The summed E-state index contributed by atoms with van der Waals surface area (Å²) in [5.41, 5.74) is 3.34. The molecule has 0 spiro atoms. The molecule has 0 amide bonds. The molecule has 1 aromatic rings. The number of rotatable bonds is 3. The third-order valence-corrected chi connectivity index (χ3v) is 4.01. The van der Waals surface area contributed by atoms with Gasteiger partial charge in [-0.3, -0.25) is 0 Å². The second kappa shape index (κ2) is 4.81. The van der Waals surface area contributed by atoms with E-state index in [2.05, 4.69) is 57.4 Å². The quantitative estimate of drug-likeness (QED) is 0.819. The highest BCUT2D eigenvalue weighted by Crippen LogP contribution is 2.42. The van der Waals surface area contributed by atoms with Gasteiger partial charge in [0.25, 0.3) is 0 Å². The smallest absolute Gasteiger partial charge is 0.0369 e. The second-order valence-corrected chi connectivity index (χ2v) is 6.34. The van der Waals surface area contributed by atoms with E-state index in [-0.39, 0.29) is 5.41 Å². The average molecular weight is 231 g/mol. The van der Waals surface area contributed by atoms with Gasteiger partial charge in [0.15, 0.2) is 0 Å². The van der Waals surface area contributed by atoms with Crippen LogP contribution in [0.25, 0.3) is 0 Å². The molecule has 1 atom stereocenters. The molecule has 0 saturated heterocycles. The van der Waals surface area contributed by atoms with E-state index < -0.39 is 0 Å². The van der Waals surface area contributed by atoms with Crippen molar-refractivity contribution in [3.8, 4) is 0 Å². The lowest BCUT2D eigenvalue weighted by molar-refractivity contribution is 0.282. The molecule has 1 aromatic carbocycles. The third kappa shape index (κ3) is 2.55. The Morgan fingerprint density at radius 2 is 1.82 bits per heavy atom. The molecule has 0 aromatic heterocycles. The number of hydrogen-bond acceptors (Lipinski definition) is 1. The Hall–Kier alpha value is -0.820. The van der Waals surface area contributed by atoms with Crippen molar-refractivity contribution in [2.24, 2.45) is 5.41 Å². The van der Waals surface area contributed by atoms with Crippen LogP contribution in [0.3, 0.4) is 0 Å². The zero-order valence-electron chi connectivity index (χ0n) is 11.6. The maximum Gasteiger partial charge on any atom is 0.0369 e. The van der Waals surface area contributed by atoms with Crippen molar-refractivity contribution < 1.29 is 0 Å². The van der Waals surface area contributed by atoms with Gasteiger partial charge in [-0.15, -0.1) is 0 Å². The van der Waals surface area contributed by atoms with Crippen molar-refractivity contribution in [1.82, 2.24) is 5.32 Å². The van der Waals surface area contributed by atoms with Gasteiger partial charge in [-0.05, 0) is 42.3 Å². The summed E-state index contributed by atoms with van der Waals surface area (Å²) >= 11 is 0. The van der Waals surface area contributed by atoms with Gasteiger partial charge < -0.3 is 5.32 Å². The molecule has 1 saturated carbocycles. The predicted octanol–water partition coefficient (Wildman–Crippen LogP) is 4.26. The Labute approximate surface area is 106 Å². The van der Waals surface area contributed by atoms with E-state index in [1.165, 1.54) is 24.8 Å². The van der Waals surface area contributed by atoms with Crippen LogP contribution in [0.2, 0.25) is 0 Å². The molecule has 1 nitrogen and oxygen atoms in total. The molecule has 1 aliphatic carbocycles. The first kappa shape index (κ1) is 12.6. The summed E-state index contributed by atoms with van der Waals surface area (Å²) in [6, 6.07) is 9.44. The van der Waals surface area contributed by atoms with E-state index in [4.69, 9.17) is 0 Å². The summed E-state index contributed by atoms with van der Waals surface area (Å²) in [6.45, 7) is 6.93. The second-order valence-electron chi connectivity index (χ2n) is 6.34. The van der Waals surface area contributed by atoms with E-state index in [0.717, 1.165) is 5.92 Å². The fourth-order valence-corrected chi connectivity index (χ4v) is 2.92. The Morgan fingerprint density at radius 1 is 1.18 bits per heavy atom. The fourth-order valence-electron chi connectivity index (χ4n) is 2.92. The van der Waals surface area contributed by atoms with Crippen LogP contribution < -0.4 is 5.32 Å². The fraction of sp³-hybridized carbons (Fsp3) is 0.625. The van der Waals surface area contributed by atoms with Gasteiger partial charge in [-0.2, -0.15) is 0 Å². The van der Waals surface area contributed by atoms with Crippen molar-refractivity contribution >= 4 is 0 Å². The van der Waals surface area contributed by atoms with Crippen molar-refractivity contribution in [1.29, 1.82) is 0 Å². The zero-order chi connectivity index (χ0) is 12.5. The lowest BCUT2D eigenvalue weighted by Gasteiger charge is -2.36. The predicted molar refractivity (Wildman–Crippen MR) is 74.3 cm³/mol. The van der Waals surface area contributed by atoms with Crippen LogP contribution in [0.5, 0.6) is 0 Å². The summed E-state index contributed by atoms with van der Waals surface area (Å²) in [6.07, 6.45) is 4.15. The normalized spacial score (nSPS) is 18.8. The first-order valence-corrected chi connectivity index (χ1v) is 6.80. The molecule has 1 fully saturated rings. The van der Waals surface area contributed by atoms with E-state index >= 15 is 0 Å². The largest absolute Gasteiger partial charge is 0.313 e. The lowest BCUT2D eigenvalue weighted by Crippen LogP contribution is -2.31. The number of benzene rings is 1. The van der Waals surface area contributed by atoms with Crippen LogP contribution in [0.15, 0.2) is 24.3 Å². The van der Waals surface area contributed by atoms with Gasteiger partial charge in [0.1, 0.15) is 0 Å². The van der Waals surface area contributed by atoms with Crippen LogP contribution in [0, 0.1) is 5.41 Å². The number of nitrogens with one attached hydrogen (secondary N) is 1. The van der Waals surface area contributed by atoms with Gasteiger partial charge in [0.05, 0.1) is 0 Å².